The molecule has 1 fully saturated rings. The molecule has 8 nitrogen and oxygen atoms in total. The monoisotopic (exact) mass is 328 g/mol. The Bertz CT molecular complexity index is 807. The molecule has 0 aliphatic carbocycles. The zero-order chi connectivity index (χ0) is 16.5. The van der Waals surface area contributed by atoms with E-state index in [0.717, 1.165) is 37.6 Å². The third-order valence-electron chi connectivity index (χ3n) is 4.38. The summed E-state index contributed by atoms with van der Waals surface area (Å²) in [5.41, 5.74) is 0. The molecule has 0 spiro atoms. The van der Waals surface area contributed by atoms with E-state index in [1.54, 1.807) is 12.3 Å². The molecular formula is C16H20N6O2. The van der Waals surface area contributed by atoms with E-state index in [0.29, 0.717) is 30.1 Å². The summed E-state index contributed by atoms with van der Waals surface area (Å²) in [6.07, 6.45) is 3.90. The molecule has 1 atom stereocenters. The van der Waals surface area contributed by atoms with Gasteiger partial charge in [0.15, 0.2) is 5.76 Å². The molecule has 3 aromatic heterocycles. The Morgan fingerprint density at radius 3 is 2.96 bits per heavy atom. The summed E-state index contributed by atoms with van der Waals surface area (Å²) in [4.78, 5) is 6.75. The molecular weight excluding hydrogens is 308 g/mol. The van der Waals surface area contributed by atoms with Gasteiger partial charge >= 0.3 is 0 Å². The van der Waals surface area contributed by atoms with E-state index in [1.807, 2.05) is 24.6 Å². The molecule has 1 aliphatic heterocycles. The average Bonchev–Trinajstić information content (AvgIpc) is 3.30. The van der Waals surface area contributed by atoms with Crippen LogP contribution in [0.5, 0.6) is 0 Å². The summed E-state index contributed by atoms with van der Waals surface area (Å²) in [5.74, 6) is 3.41. The van der Waals surface area contributed by atoms with Crippen molar-refractivity contribution in [2.24, 2.45) is 0 Å². The molecule has 0 amide bonds. The fourth-order valence-corrected chi connectivity index (χ4v) is 3.23. The minimum Gasteiger partial charge on any atom is -0.459 e. The summed E-state index contributed by atoms with van der Waals surface area (Å²) >= 11 is 0. The summed E-state index contributed by atoms with van der Waals surface area (Å²) < 4.78 is 13.0. The number of rotatable bonds is 5. The van der Waals surface area contributed by atoms with Crippen LogP contribution < -0.4 is 0 Å². The first-order valence-electron chi connectivity index (χ1n) is 8.17. The molecule has 24 heavy (non-hydrogen) atoms. The van der Waals surface area contributed by atoms with Gasteiger partial charge in [0.1, 0.15) is 11.6 Å². The van der Waals surface area contributed by atoms with Crippen molar-refractivity contribution >= 4 is 0 Å². The van der Waals surface area contributed by atoms with E-state index < -0.39 is 0 Å². The van der Waals surface area contributed by atoms with Crippen molar-refractivity contribution in [3.05, 3.63) is 35.9 Å². The van der Waals surface area contributed by atoms with Crippen LogP contribution >= 0.6 is 0 Å². The van der Waals surface area contributed by atoms with Crippen LogP contribution in [-0.4, -0.2) is 42.4 Å². The Labute approximate surface area is 139 Å². The Kier molecular flexibility index (Phi) is 3.89. The Hall–Kier alpha value is -2.48. The van der Waals surface area contributed by atoms with E-state index in [9.17, 15) is 0 Å². The molecule has 1 aliphatic rings. The second kappa shape index (κ2) is 6.20. The fourth-order valence-electron chi connectivity index (χ4n) is 3.23. The second-order valence-corrected chi connectivity index (χ2v) is 6.13. The van der Waals surface area contributed by atoms with Gasteiger partial charge in [-0.25, -0.2) is 9.67 Å². The van der Waals surface area contributed by atoms with Crippen LogP contribution in [0.2, 0.25) is 0 Å². The maximum atomic E-state index is 5.72. The van der Waals surface area contributed by atoms with Gasteiger partial charge in [-0.3, -0.25) is 4.90 Å². The fraction of sp³-hybridized carbons (Fsp3) is 0.500. The van der Waals surface area contributed by atoms with E-state index >= 15 is 0 Å². The molecule has 0 bridgehead atoms. The van der Waals surface area contributed by atoms with E-state index in [4.69, 9.17) is 8.83 Å². The van der Waals surface area contributed by atoms with Gasteiger partial charge in [0.25, 0.3) is 5.89 Å². The van der Waals surface area contributed by atoms with Crippen molar-refractivity contribution < 1.29 is 8.83 Å². The first-order chi connectivity index (χ1) is 11.7. The smallest absolute Gasteiger partial charge is 0.283 e. The van der Waals surface area contributed by atoms with Crippen LogP contribution in [0.25, 0.3) is 11.7 Å². The highest BCUT2D eigenvalue weighted by molar-refractivity contribution is 5.42. The standard InChI is InChI=1S/C16H20N6O2/c1-11-17-12(2)22(20-11)9-13-5-3-7-21(13)10-15-18-19-16(24-15)14-6-4-8-23-14/h4,6,8,13H,3,5,7,9-10H2,1-2H3/t13-/m1/s1. The van der Waals surface area contributed by atoms with Gasteiger partial charge in [0.2, 0.25) is 5.89 Å². The van der Waals surface area contributed by atoms with Crippen LogP contribution in [0, 0.1) is 13.8 Å². The van der Waals surface area contributed by atoms with Gasteiger partial charge in [-0.15, -0.1) is 10.2 Å². The number of furan rings is 1. The predicted octanol–water partition coefficient (Wildman–Crippen LogP) is 2.20. The number of aromatic nitrogens is 5. The summed E-state index contributed by atoms with van der Waals surface area (Å²) in [7, 11) is 0. The van der Waals surface area contributed by atoms with E-state index in [2.05, 4.69) is 25.2 Å². The second-order valence-electron chi connectivity index (χ2n) is 6.13. The highest BCUT2D eigenvalue weighted by atomic mass is 16.4. The first kappa shape index (κ1) is 15.1. The van der Waals surface area contributed by atoms with Crippen LogP contribution in [0.1, 0.15) is 30.4 Å². The molecule has 3 aromatic rings. The van der Waals surface area contributed by atoms with Crippen molar-refractivity contribution in [1.29, 1.82) is 0 Å². The van der Waals surface area contributed by atoms with Gasteiger partial charge in [-0.05, 0) is 45.4 Å². The average molecular weight is 328 g/mol. The van der Waals surface area contributed by atoms with Crippen molar-refractivity contribution in [1.82, 2.24) is 29.9 Å². The SMILES string of the molecule is Cc1nc(C)n(C[C@H]2CCCN2Cc2nnc(-c3ccco3)o2)n1. The summed E-state index contributed by atoms with van der Waals surface area (Å²) in [6.45, 7) is 6.42. The van der Waals surface area contributed by atoms with Crippen LogP contribution in [-0.2, 0) is 13.1 Å². The molecule has 0 aromatic carbocycles. The van der Waals surface area contributed by atoms with Gasteiger partial charge < -0.3 is 8.83 Å². The number of likely N-dealkylation sites (tertiary alicyclic amines) is 1. The molecule has 0 N–H and O–H groups in total. The van der Waals surface area contributed by atoms with Crippen molar-refractivity contribution in [2.45, 2.75) is 45.8 Å². The molecule has 0 saturated carbocycles. The Balaban J connectivity index is 1.44. The molecule has 0 unspecified atom stereocenters. The Morgan fingerprint density at radius 2 is 2.21 bits per heavy atom. The zero-order valence-electron chi connectivity index (χ0n) is 13.8. The lowest BCUT2D eigenvalue weighted by Crippen LogP contribution is -2.33. The first-order valence-corrected chi connectivity index (χ1v) is 8.17. The van der Waals surface area contributed by atoms with Crippen LogP contribution in [0.3, 0.4) is 0 Å². The highest BCUT2D eigenvalue weighted by Crippen LogP contribution is 2.23. The lowest BCUT2D eigenvalue weighted by atomic mass is 10.2. The Morgan fingerprint density at radius 1 is 1.29 bits per heavy atom. The normalized spacial score (nSPS) is 18.5. The van der Waals surface area contributed by atoms with Gasteiger partial charge in [0.05, 0.1) is 19.4 Å². The lowest BCUT2D eigenvalue weighted by molar-refractivity contribution is 0.199. The molecule has 126 valence electrons. The minimum atomic E-state index is 0.406. The number of hydrogen-bond acceptors (Lipinski definition) is 7. The third kappa shape index (κ3) is 2.96. The van der Waals surface area contributed by atoms with Crippen molar-refractivity contribution in [3.8, 4) is 11.7 Å². The quantitative estimate of drug-likeness (QED) is 0.709. The number of nitrogens with zero attached hydrogens (tertiary/aromatic N) is 6. The number of aryl methyl sites for hydroxylation is 2. The maximum Gasteiger partial charge on any atom is 0.283 e. The molecule has 1 saturated heterocycles. The van der Waals surface area contributed by atoms with Crippen molar-refractivity contribution in [2.75, 3.05) is 6.54 Å². The molecule has 4 rings (SSSR count). The minimum absolute atomic E-state index is 0.406. The summed E-state index contributed by atoms with van der Waals surface area (Å²) in [5, 5.41) is 12.7. The van der Waals surface area contributed by atoms with Crippen LogP contribution in [0.15, 0.2) is 27.2 Å². The zero-order valence-corrected chi connectivity index (χ0v) is 13.8. The predicted molar refractivity (Wildman–Crippen MR) is 84.9 cm³/mol. The van der Waals surface area contributed by atoms with E-state index in [1.165, 1.54) is 0 Å². The summed E-state index contributed by atoms with van der Waals surface area (Å²) in [6, 6.07) is 4.02. The lowest BCUT2D eigenvalue weighted by Gasteiger charge is -2.22. The van der Waals surface area contributed by atoms with E-state index in [-0.39, 0.29) is 0 Å². The third-order valence-corrected chi connectivity index (χ3v) is 4.38. The van der Waals surface area contributed by atoms with Crippen LogP contribution in [0.4, 0.5) is 0 Å². The largest absolute Gasteiger partial charge is 0.459 e. The van der Waals surface area contributed by atoms with Gasteiger partial charge in [0, 0.05) is 6.04 Å². The highest BCUT2D eigenvalue weighted by Gasteiger charge is 2.27. The number of hydrogen-bond donors (Lipinski definition) is 0. The van der Waals surface area contributed by atoms with Gasteiger partial charge in [-0.2, -0.15) is 5.10 Å². The maximum absolute atomic E-state index is 5.72. The van der Waals surface area contributed by atoms with Crippen molar-refractivity contribution in [3.63, 3.8) is 0 Å². The molecule has 4 heterocycles. The molecule has 0 radical (unpaired) electrons. The molecule has 8 heteroatoms. The topological polar surface area (TPSA) is 86.0 Å². The van der Waals surface area contributed by atoms with Gasteiger partial charge in [-0.1, -0.05) is 0 Å².